The van der Waals surface area contributed by atoms with Crippen molar-refractivity contribution in [3.8, 4) is 0 Å². The van der Waals surface area contributed by atoms with E-state index in [-0.39, 0.29) is 16.8 Å². The van der Waals surface area contributed by atoms with E-state index in [1.807, 2.05) is 6.92 Å². The molecule has 0 bridgehead atoms. The summed E-state index contributed by atoms with van der Waals surface area (Å²) < 4.78 is 1.19. The van der Waals surface area contributed by atoms with Crippen LogP contribution in [0.25, 0.3) is 0 Å². The van der Waals surface area contributed by atoms with Crippen molar-refractivity contribution >= 4 is 11.6 Å². The number of rotatable bonds is 3. The normalized spacial score (nSPS) is 11.0. The highest BCUT2D eigenvalue weighted by atomic mass is 35.5. The van der Waals surface area contributed by atoms with E-state index in [0.717, 1.165) is 6.42 Å². The zero-order valence-electron chi connectivity index (χ0n) is 9.13. The van der Waals surface area contributed by atoms with E-state index in [1.54, 1.807) is 13.8 Å². The van der Waals surface area contributed by atoms with Gasteiger partial charge < -0.3 is 0 Å². The summed E-state index contributed by atoms with van der Waals surface area (Å²) >= 11 is 5.82. The van der Waals surface area contributed by atoms with Crippen molar-refractivity contribution in [2.24, 2.45) is 0 Å². The first-order chi connectivity index (χ1) is 6.99. The van der Waals surface area contributed by atoms with Gasteiger partial charge in [0.1, 0.15) is 5.15 Å². The zero-order valence-corrected chi connectivity index (χ0v) is 9.89. The second-order valence-electron chi connectivity index (χ2n) is 3.74. The quantitative estimate of drug-likeness (QED) is 0.804. The molecule has 1 aromatic heterocycles. The molecule has 5 heteroatoms. The largest absolute Gasteiger partial charge is 0.329 e. The second kappa shape index (κ2) is 4.66. The molecular formula is C10H15ClN2O2. The Morgan fingerprint density at radius 3 is 2.47 bits per heavy atom. The van der Waals surface area contributed by atoms with Crippen molar-refractivity contribution in [2.45, 2.75) is 39.7 Å². The summed E-state index contributed by atoms with van der Waals surface area (Å²) in [4.78, 5) is 25.9. The Bertz CT molecular complexity index is 459. The summed E-state index contributed by atoms with van der Waals surface area (Å²) in [6.45, 7) is 5.54. The third-order valence-electron chi connectivity index (χ3n) is 2.19. The number of hydrogen-bond acceptors (Lipinski definition) is 2. The Morgan fingerprint density at radius 1 is 1.40 bits per heavy atom. The van der Waals surface area contributed by atoms with E-state index in [0.29, 0.717) is 12.0 Å². The van der Waals surface area contributed by atoms with E-state index < -0.39 is 5.69 Å². The number of H-pyrrole nitrogens is 1. The lowest BCUT2D eigenvalue weighted by atomic mass is 10.2. The van der Waals surface area contributed by atoms with Gasteiger partial charge in [-0.05, 0) is 20.3 Å². The minimum absolute atomic E-state index is 0.158. The molecule has 0 aliphatic heterocycles. The van der Waals surface area contributed by atoms with Crippen molar-refractivity contribution in [3.05, 3.63) is 31.6 Å². The first-order valence-electron chi connectivity index (χ1n) is 5.02. The Balaban J connectivity index is 3.50. The predicted octanol–water partition coefficient (Wildman–Crippen LogP) is 1.72. The van der Waals surface area contributed by atoms with E-state index >= 15 is 0 Å². The molecule has 0 unspecified atom stereocenters. The van der Waals surface area contributed by atoms with E-state index in [4.69, 9.17) is 11.6 Å². The summed E-state index contributed by atoms with van der Waals surface area (Å²) in [5.74, 6) is 0. The number of hydrogen-bond donors (Lipinski definition) is 1. The molecule has 4 nitrogen and oxygen atoms in total. The molecule has 0 amide bonds. The van der Waals surface area contributed by atoms with E-state index in [9.17, 15) is 9.59 Å². The van der Waals surface area contributed by atoms with Gasteiger partial charge in [0, 0.05) is 6.04 Å². The van der Waals surface area contributed by atoms with Crippen LogP contribution in [0.5, 0.6) is 0 Å². The van der Waals surface area contributed by atoms with Crippen LogP contribution in [0.4, 0.5) is 0 Å². The average Bonchev–Trinajstić information content (AvgIpc) is 2.11. The smallest absolute Gasteiger partial charge is 0.297 e. The van der Waals surface area contributed by atoms with Crippen LogP contribution in [0.2, 0.25) is 5.15 Å². The van der Waals surface area contributed by atoms with Gasteiger partial charge in [-0.25, -0.2) is 4.79 Å². The molecule has 0 spiro atoms. The standard InChI is InChI=1S/C10H15ClN2O2/c1-4-5-7-8(11)12-10(15)13(6(2)3)9(7)14/h6H,4-5H2,1-3H3,(H,12,15). The van der Waals surface area contributed by atoms with Crippen LogP contribution >= 0.6 is 11.6 Å². The predicted molar refractivity (Wildman–Crippen MR) is 60.7 cm³/mol. The van der Waals surface area contributed by atoms with Gasteiger partial charge >= 0.3 is 5.69 Å². The Morgan fingerprint density at radius 2 is 2.00 bits per heavy atom. The van der Waals surface area contributed by atoms with E-state index in [1.165, 1.54) is 4.57 Å². The third kappa shape index (κ3) is 2.31. The van der Waals surface area contributed by atoms with Crippen LogP contribution in [0.3, 0.4) is 0 Å². The molecule has 1 rings (SSSR count). The molecule has 1 heterocycles. The van der Waals surface area contributed by atoms with Crippen molar-refractivity contribution in [3.63, 3.8) is 0 Å². The minimum atomic E-state index is -0.445. The first kappa shape index (κ1) is 12.0. The second-order valence-corrected chi connectivity index (χ2v) is 4.12. The average molecular weight is 231 g/mol. The minimum Gasteiger partial charge on any atom is -0.297 e. The highest BCUT2D eigenvalue weighted by Gasteiger charge is 2.13. The molecule has 0 radical (unpaired) electrons. The Hall–Kier alpha value is -1.03. The maximum absolute atomic E-state index is 11.9. The molecule has 0 aromatic carbocycles. The highest BCUT2D eigenvalue weighted by molar-refractivity contribution is 6.30. The third-order valence-corrected chi connectivity index (χ3v) is 2.52. The highest BCUT2D eigenvalue weighted by Crippen LogP contribution is 2.09. The van der Waals surface area contributed by atoms with Gasteiger partial charge in [-0.2, -0.15) is 0 Å². The van der Waals surface area contributed by atoms with E-state index in [2.05, 4.69) is 4.98 Å². The van der Waals surface area contributed by atoms with Crippen LogP contribution in [0.15, 0.2) is 9.59 Å². The summed E-state index contributed by atoms with van der Waals surface area (Å²) in [5, 5.41) is 0.170. The summed E-state index contributed by atoms with van der Waals surface area (Å²) in [6.07, 6.45) is 1.40. The van der Waals surface area contributed by atoms with Crippen molar-refractivity contribution in [1.82, 2.24) is 9.55 Å². The van der Waals surface area contributed by atoms with Crippen LogP contribution < -0.4 is 11.2 Å². The molecule has 0 aliphatic rings. The van der Waals surface area contributed by atoms with Crippen LogP contribution in [-0.4, -0.2) is 9.55 Å². The maximum Gasteiger partial charge on any atom is 0.329 e. The molecule has 1 N–H and O–H groups in total. The van der Waals surface area contributed by atoms with Gasteiger partial charge in [0.05, 0.1) is 5.56 Å². The lowest BCUT2D eigenvalue weighted by molar-refractivity contribution is 0.539. The number of nitrogens with zero attached hydrogens (tertiary/aromatic N) is 1. The van der Waals surface area contributed by atoms with Crippen LogP contribution in [-0.2, 0) is 6.42 Å². The molecule has 0 aliphatic carbocycles. The Labute approximate surface area is 92.9 Å². The molecule has 0 fully saturated rings. The lowest BCUT2D eigenvalue weighted by Crippen LogP contribution is -2.38. The van der Waals surface area contributed by atoms with Gasteiger partial charge in [-0.15, -0.1) is 0 Å². The van der Waals surface area contributed by atoms with Crippen molar-refractivity contribution in [2.75, 3.05) is 0 Å². The number of nitrogens with one attached hydrogen (secondary N) is 1. The fourth-order valence-corrected chi connectivity index (χ4v) is 1.75. The number of halogens is 1. The van der Waals surface area contributed by atoms with Crippen molar-refractivity contribution in [1.29, 1.82) is 0 Å². The molecular weight excluding hydrogens is 216 g/mol. The van der Waals surface area contributed by atoms with Gasteiger partial charge in [0.15, 0.2) is 0 Å². The molecule has 0 atom stereocenters. The summed E-state index contributed by atoms with van der Waals surface area (Å²) in [6, 6.07) is -0.158. The summed E-state index contributed by atoms with van der Waals surface area (Å²) in [7, 11) is 0. The fourth-order valence-electron chi connectivity index (χ4n) is 1.50. The van der Waals surface area contributed by atoms with Crippen LogP contribution in [0.1, 0.15) is 38.8 Å². The molecule has 1 aromatic rings. The number of aromatic nitrogens is 2. The maximum atomic E-state index is 11.9. The fraction of sp³-hybridized carbons (Fsp3) is 0.600. The SMILES string of the molecule is CCCc1c(Cl)[nH]c(=O)n(C(C)C)c1=O. The van der Waals surface area contributed by atoms with Gasteiger partial charge in [-0.3, -0.25) is 14.3 Å². The van der Waals surface area contributed by atoms with Crippen LogP contribution in [0, 0.1) is 0 Å². The summed E-state index contributed by atoms with van der Waals surface area (Å²) in [5.41, 5.74) is -0.229. The van der Waals surface area contributed by atoms with Crippen molar-refractivity contribution < 1.29 is 0 Å². The van der Waals surface area contributed by atoms with Gasteiger partial charge in [-0.1, -0.05) is 24.9 Å². The van der Waals surface area contributed by atoms with Gasteiger partial charge in [0.2, 0.25) is 0 Å². The topological polar surface area (TPSA) is 54.9 Å². The molecule has 0 saturated heterocycles. The van der Waals surface area contributed by atoms with Gasteiger partial charge in [0.25, 0.3) is 5.56 Å². The molecule has 84 valence electrons. The monoisotopic (exact) mass is 230 g/mol. The first-order valence-corrected chi connectivity index (χ1v) is 5.40. The molecule has 0 saturated carbocycles. The lowest BCUT2D eigenvalue weighted by Gasteiger charge is -2.10. The zero-order chi connectivity index (χ0) is 11.6. The molecule has 15 heavy (non-hydrogen) atoms. The Kier molecular flexibility index (Phi) is 3.74. The number of aromatic amines is 1.